The summed E-state index contributed by atoms with van der Waals surface area (Å²) in [5.74, 6) is -0.172. The lowest BCUT2D eigenvalue weighted by atomic mass is 10.0. The fourth-order valence-electron chi connectivity index (χ4n) is 5.85. The van der Waals surface area contributed by atoms with Crippen LogP contribution in [0.15, 0.2) is 24.3 Å². The van der Waals surface area contributed by atoms with Gasteiger partial charge in [0.15, 0.2) is 0 Å². The fourth-order valence-corrected chi connectivity index (χ4v) is 6.58. The van der Waals surface area contributed by atoms with Gasteiger partial charge in [0.1, 0.15) is 13.2 Å². The van der Waals surface area contributed by atoms with Crippen LogP contribution in [-0.2, 0) is 18.4 Å². The highest BCUT2D eigenvalue weighted by atomic mass is 31.2. The van der Waals surface area contributed by atoms with Crippen molar-refractivity contribution < 1.29 is 32.9 Å². The van der Waals surface area contributed by atoms with Crippen LogP contribution >= 0.6 is 7.82 Å². The van der Waals surface area contributed by atoms with Gasteiger partial charge >= 0.3 is 0 Å². The Balaban J connectivity index is 4.30. The second-order valence-electron chi connectivity index (χ2n) is 15.4. The van der Waals surface area contributed by atoms with Gasteiger partial charge in [-0.05, 0) is 38.5 Å². The molecule has 296 valence electrons. The highest BCUT2D eigenvalue weighted by Gasteiger charge is 2.24. The molecular formula is C41H81N2O6P. The number of aliphatic hydroxyl groups excluding tert-OH is 1. The molecule has 0 aromatic carbocycles. The summed E-state index contributed by atoms with van der Waals surface area (Å²) in [4.78, 5) is 25.2. The molecule has 0 radical (unpaired) electrons. The molecule has 0 fully saturated rings. The Morgan fingerprint density at radius 2 is 1.14 bits per heavy atom. The number of hydrogen-bond acceptors (Lipinski definition) is 6. The number of quaternary nitrogens is 1. The number of allylic oxidation sites excluding steroid dienone is 4. The molecule has 0 aromatic heterocycles. The second-order valence-corrected chi connectivity index (χ2v) is 16.8. The average molecular weight is 729 g/mol. The molecule has 0 spiro atoms. The molecule has 3 unspecified atom stereocenters. The van der Waals surface area contributed by atoms with Gasteiger partial charge in [0.25, 0.3) is 7.82 Å². The Morgan fingerprint density at radius 3 is 1.66 bits per heavy atom. The number of phosphoric ester groups is 1. The quantitative estimate of drug-likeness (QED) is 0.0285. The fraction of sp³-hybridized carbons (Fsp3) is 0.878. The van der Waals surface area contributed by atoms with E-state index in [0.717, 1.165) is 38.5 Å². The van der Waals surface area contributed by atoms with E-state index in [-0.39, 0.29) is 19.1 Å². The van der Waals surface area contributed by atoms with E-state index in [1.54, 1.807) is 0 Å². The average Bonchev–Trinajstić information content (AvgIpc) is 3.06. The van der Waals surface area contributed by atoms with E-state index in [0.29, 0.717) is 23.9 Å². The van der Waals surface area contributed by atoms with E-state index in [1.165, 1.54) is 116 Å². The summed E-state index contributed by atoms with van der Waals surface area (Å²) in [6.45, 7) is 4.65. The maximum Gasteiger partial charge on any atom is 0.268 e. The zero-order valence-electron chi connectivity index (χ0n) is 33.4. The van der Waals surface area contributed by atoms with Gasteiger partial charge < -0.3 is 28.8 Å². The Morgan fingerprint density at radius 1 is 0.700 bits per heavy atom. The van der Waals surface area contributed by atoms with Gasteiger partial charge in [0.05, 0.1) is 39.9 Å². The molecule has 0 rings (SSSR count). The molecule has 0 aliphatic heterocycles. The standard InChI is InChI=1S/C41H81N2O6P/c1-6-8-10-12-14-16-17-18-19-20-21-22-23-24-25-27-29-31-33-35-41(45)42-39(38-49-50(46,47)48-37-36-43(3,4)5)40(44)34-32-30-28-26-15-13-11-9-7-2/h14,16-18,39-40,44H,6-13,15,19-38H2,1-5H3,(H-,42,45,46,47)/b16-14-,18-17-. The Bertz CT molecular complexity index is 876. The Labute approximate surface area is 309 Å². The lowest BCUT2D eigenvalue weighted by Crippen LogP contribution is -2.46. The number of carbonyl (C=O) groups excluding carboxylic acids is 1. The van der Waals surface area contributed by atoms with Crippen molar-refractivity contribution in [2.45, 2.75) is 193 Å². The first kappa shape index (κ1) is 49.0. The number of hydrogen-bond donors (Lipinski definition) is 2. The third kappa shape index (κ3) is 35.4. The van der Waals surface area contributed by atoms with Crippen molar-refractivity contribution >= 4 is 13.7 Å². The van der Waals surface area contributed by atoms with Gasteiger partial charge in [-0.15, -0.1) is 0 Å². The number of unbranched alkanes of at least 4 members (excludes halogenated alkanes) is 21. The minimum absolute atomic E-state index is 0.0116. The molecule has 0 saturated heterocycles. The molecule has 9 heteroatoms. The number of amides is 1. The molecule has 0 aromatic rings. The van der Waals surface area contributed by atoms with Gasteiger partial charge in [-0.25, -0.2) is 0 Å². The van der Waals surface area contributed by atoms with Crippen molar-refractivity contribution in [2.75, 3.05) is 40.9 Å². The van der Waals surface area contributed by atoms with E-state index in [1.807, 2.05) is 21.1 Å². The van der Waals surface area contributed by atoms with E-state index < -0.39 is 20.0 Å². The lowest BCUT2D eigenvalue weighted by Gasteiger charge is -2.30. The molecular weight excluding hydrogens is 647 g/mol. The summed E-state index contributed by atoms with van der Waals surface area (Å²) in [5.41, 5.74) is 0. The van der Waals surface area contributed by atoms with Crippen LogP contribution < -0.4 is 10.2 Å². The number of likely N-dealkylation sites (N-methyl/N-ethyl adjacent to an activating group) is 1. The summed E-state index contributed by atoms with van der Waals surface area (Å²) < 4.78 is 23.1. The highest BCUT2D eigenvalue weighted by molar-refractivity contribution is 7.45. The van der Waals surface area contributed by atoms with Crippen molar-refractivity contribution in [3.63, 3.8) is 0 Å². The summed E-state index contributed by atoms with van der Waals surface area (Å²) in [7, 11) is 1.30. The van der Waals surface area contributed by atoms with Crippen LogP contribution in [0.3, 0.4) is 0 Å². The first-order valence-corrected chi connectivity index (χ1v) is 22.2. The number of rotatable bonds is 37. The SMILES string of the molecule is CCCCC/C=C\C=C/CCCCCCCCCCCCC(=O)NC(COP(=O)([O-])OCC[N+](C)(C)C)C(O)CCCCCCCCCCC. The summed E-state index contributed by atoms with van der Waals surface area (Å²) in [5, 5.41) is 13.8. The largest absolute Gasteiger partial charge is 0.756 e. The van der Waals surface area contributed by atoms with Crippen LogP contribution in [0, 0.1) is 0 Å². The van der Waals surface area contributed by atoms with Crippen molar-refractivity contribution in [3.05, 3.63) is 24.3 Å². The van der Waals surface area contributed by atoms with Crippen molar-refractivity contribution in [1.29, 1.82) is 0 Å². The molecule has 1 amide bonds. The third-order valence-corrected chi connectivity index (χ3v) is 10.2. The predicted octanol–water partition coefficient (Wildman–Crippen LogP) is 10.3. The second kappa shape index (κ2) is 33.8. The zero-order chi connectivity index (χ0) is 37.2. The molecule has 0 bridgehead atoms. The smallest absolute Gasteiger partial charge is 0.268 e. The van der Waals surface area contributed by atoms with Gasteiger partial charge in [0.2, 0.25) is 5.91 Å². The summed E-state index contributed by atoms with van der Waals surface area (Å²) in [6, 6.07) is -0.797. The first-order valence-electron chi connectivity index (χ1n) is 20.7. The van der Waals surface area contributed by atoms with Gasteiger partial charge in [0, 0.05) is 6.42 Å². The molecule has 0 saturated carbocycles. The maximum absolute atomic E-state index is 12.8. The molecule has 2 N–H and O–H groups in total. The van der Waals surface area contributed by atoms with Crippen LogP contribution in [0.4, 0.5) is 0 Å². The van der Waals surface area contributed by atoms with E-state index in [2.05, 4.69) is 43.5 Å². The van der Waals surface area contributed by atoms with E-state index in [4.69, 9.17) is 9.05 Å². The maximum atomic E-state index is 12.8. The summed E-state index contributed by atoms with van der Waals surface area (Å²) in [6.07, 6.45) is 37.5. The van der Waals surface area contributed by atoms with Crippen molar-refractivity contribution in [2.24, 2.45) is 0 Å². The number of nitrogens with one attached hydrogen (secondary N) is 1. The molecule has 0 heterocycles. The van der Waals surface area contributed by atoms with Crippen molar-refractivity contribution in [1.82, 2.24) is 5.32 Å². The van der Waals surface area contributed by atoms with E-state index >= 15 is 0 Å². The summed E-state index contributed by atoms with van der Waals surface area (Å²) >= 11 is 0. The topological polar surface area (TPSA) is 108 Å². The number of carbonyl (C=O) groups is 1. The van der Waals surface area contributed by atoms with Crippen LogP contribution in [0.2, 0.25) is 0 Å². The minimum atomic E-state index is -4.55. The van der Waals surface area contributed by atoms with Crippen LogP contribution in [-0.4, -0.2) is 68.5 Å². The van der Waals surface area contributed by atoms with Crippen molar-refractivity contribution in [3.8, 4) is 0 Å². The minimum Gasteiger partial charge on any atom is -0.756 e. The predicted molar refractivity (Wildman–Crippen MR) is 210 cm³/mol. The van der Waals surface area contributed by atoms with Gasteiger partial charge in [-0.3, -0.25) is 9.36 Å². The van der Waals surface area contributed by atoms with Crippen LogP contribution in [0.1, 0.15) is 181 Å². The van der Waals surface area contributed by atoms with Crippen LogP contribution in [0.5, 0.6) is 0 Å². The normalized spacial score (nSPS) is 14.8. The van der Waals surface area contributed by atoms with E-state index in [9.17, 15) is 19.4 Å². The van der Waals surface area contributed by atoms with Gasteiger partial charge in [-0.1, -0.05) is 160 Å². The van der Waals surface area contributed by atoms with Crippen LogP contribution in [0.25, 0.3) is 0 Å². The molecule has 50 heavy (non-hydrogen) atoms. The highest BCUT2D eigenvalue weighted by Crippen LogP contribution is 2.38. The third-order valence-electron chi connectivity index (χ3n) is 9.22. The first-order chi connectivity index (χ1) is 24.0. The Hall–Kier alpha value is -1.02. The number of nitrogens with zero attached hydrogens (tertiary/aromatic N) is 1. The number of phosphoric acid groups is 1. The molecule has 3 atom stereocenters. The number of aliphatic hydroxyl groups is 1. The molecule has 0 aliphatic rings. The zero-order valence-corrected chi connectivity index (χ0v) is 34.2. The monoisotopic (exact) mass is 729 g/mol. The lowest BCUT2D eigenvalue weighted by molar-refractivity contribution is -0.870. The molecule has 8 nitrogen and oxygen atoms in total. The molecule has 0 aliphatic carbocycles. The van der Waals surface area contributed by atoms with Gasteiger partial charge in [-0.2, -0.15) is 0 Å². The Kier molecular flexibility index (Phi) is 33.1.